The van der Waals surface area contributed by atoms with Crippen LogP contribution < -0.4 is 11.3 Å². The summed E-state index contributed by atoms with van der Waals surface area (Å²) >= 11 is 0. The molecule has 0 spiro atoms. The molecule has 1 aromatic heterocycles. The van der Waals surface area contributed by atoms with Gasteiger partial charge in [0.05, 0.1) is 17.9 Å². The number of carbonyl (C=O) groups excluding carboxylic acids is 1. The topological polar surface area (TPSA) is 80.5 Å². The summed E-state index contributed by atoms with van der Waals surface area (Å²) in [4.78, 5) is 17.9. The van der Waals surface area contributed by atoms with Gasteiger partial charge in [0.25, 0.3) is 5.91 Å². The Morgan fingerprint density at radius 2 is 2.33 bits per heavy atom. The Labute approximate surface area is 107 Å². The van der Waals surface area contributed by atoms with Crippen LogP contribution in [0, 0.1) is 6.92 Å². The standard InChI is InChI=1S/C12H20N4O2/c1-4-18-6-5-16(3)12(17)10-8-14-9(2)7-11(10)15-13/h7-8H,4-6,13H2,1-3H3,(H,14,15). The van der Waals surface area contributed by atoms with Crippen molar-refractivity contribution in [2.75, 3.05) is 32.2 Å². The van der Waals surface area contributed by atoms with E-state index in [4.69, 9.17) is 10.6 Å². The van der Waals surface area contributed by atoms with Gasteiger partial charge in [0.15, 0.2) is 0 Å². The maximum Gasteiger partial charge on any atom is 0.257 e. The van der Waals surface area contributed by atoms with E-state index in [-0.39, 0.29) is 5.91 Å². The number of aromatic nitrogens is 1. The SMILES string of the molecule is CCOCCN(C)C(=O)c1cnc(C)cc1NN. The third-order valence-electron chi connectivity index (χ3n) is 2.55. The predicted molar refractivity (Wildman–Crippen MR) is 70.2 cm³/mol. The first-order valence-corrected chi connectivity index (χ1v) is 5.86. The van der Waals surface area contributed by atoms with Gasteiger partial charge in [-0.1, -0.05) is 0 Å². The minimum absolute atomic E-state index is 0.129. The van der Waals surface area contributed by atoms with Gasteiger partial charge < -0.3 is 15.1 Å². The molecule has 0 fully saturated rings. The van der Waals surface area contributed by atoms with Crippen LogP contribution in [0.25, 0.3) is 0 Å². The molecular formula is C12H20N4O2. The van der Waals surface area contributed by atoms with Crippen LogP contribution >= 0.6 is 0 Å². The summed E-state index contributed by atoms with van der Waals surface area (Å²) in [6.45, 7) is 5.45. The van der Waals surface area contributed by atoms with E-state index in [1.807, 2.05) is 13.8 Å². The van der Waals surface area contributed by atoms with Crippen molar-refractivity contribution >= 4 is 11.6 Å². The molecule has 6 nitrogen and oxygen atoms in total. The zero-order valence-corrected chi connectivity index (χ0v) is 11.1. The molecule has 0 bridgehead atoms. The van der Waals surface area contributed by atoms with Crippen LogP contribution in [0.1, 0.15) is 23.0 Å². The molecule has 0 aliphatic heterocycles. The summed E-state index contributed by atoms with van der Waals surface area (Å²) < 4.78 is 5.22. The summed E-state index contributed by atoms with van der Waals surface area (Å²) in [6, 6.07) is 1.74. The monoisotopic (exact) mass is 252 g/mol. The molecule has 1 aromatic rings. The zero-order valence-electron chi connectivity index (χ0n) is 11.1. The number of aryl methyl sites for hydroxylation is 1. The first-order chi connectivity index (χ1) is 8.60. The summed E-state index contributed by atoms with van der Waals surface area (Å²) in [6.07, 6.45) is 1.53. The highest BCUT2D eigenvalue weighted by atomic mass is 16.5. The number of carbonyl (C=O) groups is 1. The summed E-state index contributed by atoms with van der Waals surface area (Å²) in [7, 11) is 1.72. The molecule has 6 heteroatoms. The molecule has 0 atom stereocenters. The number of nitrogens with zero attached hydrogens (tertiary/aromatic N) is 2. The maximum atomic E-state index is 12.2. The Bertz CT molecular complexity index is 409. The van der Waals surface area contributed by atoms with Gasteiger partial charge in [-0.2, -0.15) is 0 Å². The highest BCUT2D eigenvalue weighted by Gasteiger charge is 2.16. The van der Waals surface area contributed by atoms with E-state index in [2.05, 4.69) is 10.4 Å². The van der Waals surface area contributed by atoms with Gasteiger partial charge in [-0.3, -0.25) is 15.6 Å². The summed E-state index contributed by atoms with van der Waals surface area (Å²) in [5.41, 5.74) is 4.36. The second-order valence-electron chi connectivity index (χ2n) is 3.94. The van der Waals surface area contributed by atoms with E-state index in [1.165, 1.54) is 6.20 Å². The molecule has 1 amide bonds. The van der Waals surface area contributed by atoms with Crippen LogP contribution in [-0.4, -0.2) is 42.6 Å². The fourth-order valence-electron chi connectivity index (χ4n) is 1.50. The smallest absolute Gasteiger partial charge is 0.257 e. The highest BCUT2D eigenvalue weighted by Crippen LogP contribution is 2.16. The fourth-order valence-corrected chi connectivity index (χ4v) is 1.50. The van der Waals surface area contributed by atoms with Gasteiger partial charge >= 0.3 is 0 Å². The Morgan fingerprint density at radius 1 is 1.61 bits per heavy atom. The number of hydrogen-bond donors (Lipinski definition) is 2. The molecule has 0 saturated carbocycles. The van der Waals surface area contributed by atoms with Crippen molar-refractivity contribution in [1.82, 2.24) is 9.88 Å². The van der Waals surface area contributed by atoms with Crippen molar-refractivity contribution in [3.05, 3.63) is 23.5 Å². The minimum atomic E-state index is -0.129. The number of hydrogen-bond acceptors (Lipinski definition) is 5. The van der Waals surface area contributed by atoms with Gasteiger partial charge in [-0.25, -0.2) is 0 Å². The van der Waals surface area contributed by atoms with Crippen LogP contribution in [0.15, 0.2) is 12.3 Å². The molecule has 1 heterocycles. The van der Waals surface area contributed by atoms with Gasteiger partial charge in [0.2, 0.25) is 0 Å². The second-order valence-corrected chi connectivity index (χ2v) is 3.94. The quantitative estimate of drug-likeness (QED) is 0.444. The molecule has 0 aliphatic rings. The third-order valence-corrected chi connectivity index (χ3v) is 2.55. The number of nitrogen functional groups attached to an aromatic ring is 1. The van der Waals surface area contributed by atoms with E-state index in [0.29, 0.717) is 31.0 Å². The number of rotatable bonds is 6. The minimum Gasteiger partial charge on any atom is -0.380 e. The first kappa shape index (κ1) is 14.4. The van der Waals surface area contributed by atoms with Gasteiger partial charge in [-0.05, 0) is 19.9 Å². The van der Waals surface area contributed by atoms with E-state index in [9.17, 15) is 4.79 Å². The lowest BCUT2D eigenvalue weighted by atomic mass is 10.2. The zero-order chi connectivity index (χ0) is 13.5. The van der Waals surface area contributed by atoms with Crippen LogP contribution in [0.5, 0.6) is 0 Å². The van der Waals surface area contributed by atoms with Crippen molar-refractivity contribution < 1.29 is 9.53 Å². The lowest BCUT2D eigenvalue weighted by molar-refractivity contribution is 0.0710. The van der Waals surface area contributed by atoms with E-state index >= 15 is 0 Å². The Morgan fingerprint density at radius 3 is 2.94 bits per heavy atom. The molecular weight excluding hydrogens is 232 g/mol. The summed E-state index contributed by atoms with van der Waals surface area (Å²) in [5.74, 6) is 5.28. The van der Waals surface area contributed by atoms with Crippen LogP contribution in [0.4, 0.5) is 5.69 Å². The lowest BCUT2D eigenvalue weighted by Crippen LogP contribution is -2.31. The molecule has 1 rings (SSSR count). The number of anilines is 1. The average molecular weight is 252 g/mol. The molecule has 0 radical (unpaired) electrons. The Balaban J connectivity index is 2.76. The van der Waals surface area contributed by atoms with Crippen molar-refractivity contribution in [3.8, 4) is 0 Å². The van der Waals surface area contributed by atoms with Crippen LogP contribution in [0.3, 0.4) is 0 Å². The van der Waals surface area contributed by atoms with E-state index in [0.717, 1.165) is 5.69 Å². The number of ether oxygens (including phenoxy) is 1. The third kappa shape index (κ3) is 3.68. The van der Waals surface area contributed by atoms with Crippen molar-refractivity contribution in [3.63, 3.8) is 0 Å². The average Bonchev–Trinajstić information content (AvgIpc) is 2.37. The normalized spacial score (nSPS) is 10.2. The van der Waals surface area contributed by atoms with Crippen molar-refractivity contribution in [2.24, 2.45) is 5.84 Å². The second kappa shape index (κ2) is 6.93. The van der Waals surface area contributed by atoms with Gasteiger partial charge in [0, 0.05) is 32.1 Å². The number of nitrogens with one attached hydrogen (secondary N) is 1. The molecule has 18 heavy (non-hydrogen) atoms. The van der Waals surface area contributed by atoms with Crippen molar-refractivity contribution in [2.45, 2.75) is 13.8 Å². The highest BCUT2D eigenvalue weighted by molar-refractivity contribution is 5.99. The van der Waals surface area contributed by atoms with Crippen molar-refractivity contribution in [1.29, 1.82) is 0 Å². The van der Waals surface area contributed by atoms with E-state index in [1.54, 1.807) is 18.0 Å². The molecule has 0 aromatic carbocycles. The van der Waals surface area contributed by atoms with E-state index < -0.39 is 0 Å². The molecule has 0 aliphatic carbocycles. The Kier molecular flexibility index (Phi) is 5.54. The number of hydrazine groups is 1. The maximum absolute atomic E-state index is 12.2. The predicted octanol–water partition coefficient (Wildman–Crippen LogP) is 0.784. The molecule has 0 saturated heterocycles. The largest absolute Gasteiger partial charge is 0.380 e. The Hall–Kier alpha value is -1.66. The van der Waals surface area contributed by atoms with Gasteiger partial charge in [0.1, 0.15) is 0 Å². The number of pyridine rings is 1. The molecule has 100 valence electrons. The number of nitrogens with two attached hydrogens (primary N) is 1. The number of likely N-dealkylation sites (N-methyl/N-ethyl adjacent to an activating group) is 1. The fraction of sp³-hybridized carbons (Fsp3) is 0.500. The molecule has 0 unspecified atom stereocenters. The molecule has 3 N–H and O–H groups in total. The summed E-state index contributed by atoms with van der Waals surface area (Å²) in [5, 5.41) is 0. The number of amides is 1. The lowest BCUT2D eigenvalue weighted by Gasteiger charge is -2.18. The first-order valence-electron chi connectivity index (χ1n) is 5.86. The van der Waals surface area contributed by atoms with Crippen LogP contribution in [-0.2, 0) is 4.74 Å². The van der Waals surface area contributed by atoms with Crippen LogP contribution in [0.2, 0.25) is 0 Å². The van der Waals surface area contributed by atoms with Gasteiger partial charge in [-0.15, -0.1) is 0 Å².